The van der Waals surface area contributed by atoms with Crippen LogP contribution in [0.2, 0.25) is 0 Å². The molecule has 2 aliphatic rings. The molecule has 1 aromatic rings. The molecule has 120 valence electrons. The van der Waals surface area contributed by atoms with Crippen LogP contribution >= 0.6 is 30.4 Å². The number of nitrogens with zero attached hydrogens (tertiary/aromatic N) is 4. The first-order valence-electron chi connectivity index (χ1n) is 6.77. The third-order valence-corrected chi connectivity index (χ3v) is 4.69. The van der Waals surface area contributed by atoms with E-state index < -0.39 is 6.10 Å². The Bertz CT molecular complexity index is 569. The van der Waals surface area contributed by atoms with Crippen LogP contribution in [0.5, 0.6) is 0 Å². The van der Waals surface area contributed by atoms with Gasteiger partial charge in [-0.2, -0.15) is 0 Å². The third kappa shape index (κ3) is 3.30. The van der Waals surface area contributed by atoms with Gasteiger partial charge >= 0.3 is 0 Å². The molecule has 8 nitrogen and oxygen atoms in total. The van der Waals surface area contributed by atoms with Gasteiger partial charge in [-0.05, 0) is 0 Å². The van der Waals surface area contributed by atoms with E-state index in [0.717, 1.165) is 12.1 Å². The molecule has 0 aromatic carbocycles. The predicted molar refractivity (Wildman–Crippen MR) is 88.9 cm³/mol. The number of aliphatic hydroxyl groups excluding tert-OH is 1. The van der Waals surface area contributed by atoms with Crippen molar-refractivity contribution in [2.75, 3.05) is 13.2 Å². The van der Waals surface area contributed by atoms with Gasteiger partial charge in [0.2, 0.25) is 6.41 Å². The molecule has 22 heavy (non-hydrogen) atoms. The summed E-state index contributed by atoms with van der Waals surface area (Å²) in [5, 5.41) is 10.1. The SMILES string of the molecule is O=CN1C=Nc2c(ncn2C2CC(O)C(COSI)O2)CC1. The zero-order chi connectivity index (χ0) is 15.5. The van der Waals surface area contributed by atoms with Gasteiger partial charge in [-0.1, -0.05) is 0 Å². The van der Waals surface area contributed by atoms with E-state index in [4.69, 9.17) is 8.92 Å². The first-order valence-corrected chi connectivity index (χ1v) is 10.1. The van der Waals surface area contributed by atoms with E-state index in [1.54, 1.807) is 10.9 Å². The molecule has 3 atom stereocenters. The Kier molecular flexibility index (Phi) is 5.33. The molecule has 10 heteroatoms. The molecule has 0 radical (unpaired) electrons. The summed E-state index contributed by atoms with van der Waals surface area (Å²) in [6, 6.07) is 0. The van der Waals surface area contributed by atoms with Crippen molar-refractivity contribution in [3.8, 4) is 0 Å². The van der Waals surface area contributed by atoms with Gasteiger partial charge in [-0.15, -0.1) is 0 Å². The van der Waals surface area contributed by atoms with Gasteiger partial charge in [0, 0.05) is 40.6 Å². The van der Waals surface area contributed by atoms with Crippen molar-refractivity contribution in [2.24, 2.45) is 4.99 Å². The quantitative estimate of drug-likeness (QED) is 0.423. The maximum absolute atomic E-state index is 10.8. The molecule has 3 rings (SSSR count). The van der Waals surface area contributed by atoms with E-state index in [9.17, 15) is 9.90 Å². The monoisotopic (exact) mass is 438 g/mol. The summed E-state index contributed by atoms with van der Waals surface area (Å²) in [5.74, 6) is 0.673. The summed E-state index contributed by atoms with van der Waals surface area (Å²) in [6.07, 6.45) is 3.70. The fourth-order valence-electron chi connectivity index (χ4n) is 2.55. The number of rotatable bonds is 5. The highest BCUT2D eigenvalue weighted by Crippen LogP contribution is 2.34. The van der Waals surface area contributed by atoms with Crippen molar-refractivity contribution < 1.29 is 18.8 Å². The van der Waals surface area contributed by atoms with Crippen molar-refractivity contribution in [1.29, 1.82) is 0 Å². The molecule has 1 amide bonds. The molecule has 3 heterocycles. The van der Waals surface area contributed by atoms with Gasteiger partial charge in [0.1, 0.15) is 12.3 Å². The molecule has 3 unspecified atom stereocenters. The Hall–Kier alpha value is -0.690. The lowest BCUT2D eigenvalue weighted by Crippen LogP contribution is -2.25. The Balaban J connectivity index is 1.77. The van der Waals surface area contributed by atoms with Crippen LogP contribution in [0, 0.1) is 0 Å². The molecule has 0 spiro atoms. The van der Waals surface area contributed by atoms with Crippen LogP contribution < -0.4 is 0 Å². The number of fused-ring (bicyclic) bond motifs is 1. The minimum atomic E-state index is -0.590. The van der Waals surface area contributed by atoms with Gasteiger partial charge in [0.05, 0.1) is 40.3 Å². The number of carbonyl (C=O) groups is 1. The van der Waals surface area contributed by atoms with Crippen LogP contribution in [-0.2, 0) is 20.1 Å². The minimum absolute atomic E-state index is 0.324. The Morgan fingerprint density at radius 2 is 2.50 bits per heavy atom. The minimum Gasteiger partial charge on any atom is -0.390 e. The Morgan fingerprint density at radius 3 is 3.27 bits per heavy atom. The average Bonchev–Trinajstić information content (AvgIpc) is 3.02. The summed E-state index contributed by atoms with van der Waals surface area (Å²) in [6.45, 7) is 0.874. The molecule has 1 saturated heterocycles. The largest absolute Gasteiger partial charge is 0.390 e. The van der Waals surface area contributed by atoms with E-state index in [-0.39, 0.29) is 12.3 Å². The first kappa shape index (κ1) is 16.2. The first-order chi connectivity index (χ1) is 10.7. The van der Waals surface area contributed by atoms with Crippen molar-refractivity contribution in [3.05, 3.63) is 12.0 Å². The summed E-state index contributed by atoms with van der Waals surface area (Å²) in [4.78, 5) is 21.0. The molecule has 2 aliphatic heterocycles. The van der Waals surface area contributed by atoms with Gasteiger partial charge in [-0.25, -0.2) is 9.98 Å². The zero-order valence-corrected chi connectivity index (χ0v) is 14.5. The molecule has 1 aromatic heterocycles. The fourth-order valence-corrected chi connectivity index (χ4v) is 3.18. The van der Waals surface area contributed by atoms with E-state index >= 15 is 0 Å². The molecule has 1 N–H and O–H groups in total. The van der Waals surface area contributed by atoms with E-state index in [1.807, 2.05) is 21.2 Å². The van der Waals surface area contributed by atoms with Crippen LogP contribution in [-0.4, -0.2) is 57.7 Å². The fraction of sp³-hybridized carbons (Fsp3) is 0.583. The van der Waals surface area contributed by atoms with Crippen molar-refractivity contribution in [2.45, 2.75) is 31.3 Å². The van der Waals surface area contributed by atoms with Crippen LogP contribution in [0.15, 0.2) is 11.3 Å². The summed E-state index contributed by atoms with van der Waals surface area (Å²) in [5.41, 5.74) is 0.821. The van der Waals surface area contributed by atoms with Crippen LogP contribution in [0.4, 0.5) is 5.82 Å². The molecular formula is C12H15IN4O4S. The topological polar surface area (TPSA) is 89.2 Å². The number of amides is 1. The van der Waals surface area contributed by atoms with Crippen molar-refractivity contribution in [1.82, 2.24) is 14.5 Å². The number of aliphatic hydroxyl groups is 1. The standard InChI is InChI=1S/C12H15IN4O4S/c13-22-20-4-10-9(19)3-11(21-10)17-6-14-8-1-2-16(7-18)5-15-12(8)17/h5-7,9-11,19H,1-4H2. The van der Waals surface area contributed by atoms with Gasteiger partial charge < -0.3 is 18.9 Å². The van der Waals surface area contributed by atoms with Crippen LogP contribution in [0.25, 0.3) is 0 Å². The second kappa shape index (κ2) is 7.25. The summed E-state index contributed by atoms with van der Waals surface area (Å²) < 4.78 is 12.9. The normalized spacial score (nSPS) is 27.7. The highest BCUT2D eigenvalue weighted by atomic mass is 127. The second-order valence-electron chi connectivity index (χ2n) is 5.04. The van der Waals surface area contributed by atoms with E-state index in [2.05, 4.69) is 9.98 Å². The number of ether oxygens (including phenoxy) is 1. The summed E-state index contributed by atoms with van der Waals surface area (Å²) in [7, 11) is 1.22. The highest BCUT2D eigenvalue weighted by molar-refractivity contribution is 14.2. The van der Waals surface area contributed by atoms with E-state index in [1.165, 1.54) is 20.5 Å². The molecule has 0 saturated carbocycles. The van der Waals surface area contributed by atoms with Gasteiger partial charge in [0.15, 0.2) is 5.82 Å². The second-order valence-corrected chi connectivity index (χ2v) is 6.48. The zero-order valence-electron chi connectivity index (χ0n) is 11.5. The maximum atomic E-state index is 10.8. The Morgan fingerprint density at radius 1 is 1.64 bits per heavy atom. The van der Waals surface area contributed by atoms with Crippen molar-refractivity contribution in [3.63, 3.8) is 0 Å². The average molecular weight is 438 g/mol. The number of aliphatic imine (C=N–C) groups is 1. The van der Waals surface area contributed by atoms with Gasteiger partial charge in [-0.3, -0.25) is 9.36 Å². The number of carbonyl (C=O) groups excluding carboxylic acids is 1. The number of aromatic nitrogens is 2. The molecule has 0 aliphatic carbocycles. The Labute approximate surface area is 143 Å². The number of halogens is 1. The molecular weight excluding hydrogens is 423 g/mol. The number of imidazole rings is 1. The lowest BCUT2D eigenvalue weighted by molar-refractivity contribution is -0.114. The predicted octanol–water partition coefficient (Wildman–Crippen LogP) is 1.22. The van der Waals surface area contributed by atoms with Crippen LogP contribution in [0.1, 0.15) is 18.3 Å². The highest BCUT2D eigenvalue weighted by Gasteiger charge is 2.36. The smallest absolute Gasteiger partial charge is 0.214 e. The lowest BCUT2D eigenvalue weighted by atomic mass is 10.2. The molecule has 1 fully saturated rings. The summed E-state index contributed by atoms with van der Waals surface area (Å²) >= 11 is 2.02. The molecule has 0 bridgehead atoms. The third-order valence-electron chi connectivity index (χ3n) is 3.70. The van der Waals surface area contributed by atoms with Crippen LogP contribution in [0.3, 0.4) is 0 Å². The van der Waals surface area contributed by atoms with Crippen molar-refractivity contribution >= 4 is 49.0 Å². The number of hydrogen-bond donors (Lipinski definition) is 1. The maximum Gasteiger partial charge on any atom is 0.214 e. The lowest BCUT2D eigenvalue weighted by Gasteiger charge is -2.15. The van der Waals surface area contributed by atoms with E-state index in [0.29, 0.717) is 31.8 Å². The van der Waals surface area contributed by atoms with Gasteiger partial charge in [0.25, 0.3) is 0 Å². The number of hydrogen-bond acceptors (Lipinski definition) is 7.